The maximum Gasteiger partial charge on any atom is 0.304 e. The fourth-order valence-electron chi connectivity index (χ4n) is 0.918. The Morgan fingerprint density at radius 2 is 2.29 bits per heavy atom. The van der Waals surface area contributed by atoms with Gasteiger partial charge in [0.15, 0.2) is 0 Å². The van der Waals surface area contributed by atoms with Crippen molar-refractivity contribution in [2.24, 2.45) is 0 Å². The Kier molecular flexibility index (Phi) is 3.11. The third-order valence-corrected chi connectivity index (χ3v) is 1.53. The molecule has 6 heteroatoms. The zero-order chi connectivity index (χ0) is 10.6. The highest BCUT2D eigenvalue weighted by molar-refractivity contribution is 5.38. The first kappa shape index (κ1) is 10.1. The number of nitro groups is 1. The van der Waals surface area contributed by atoms with Gasteiger partial charge >= 0.3 is 5.69 Å². The van der Waals surface area contributed by atoms with Crippen molar-refractivity contribution in [2.45, 2.75) is 6.61 Å². The summed E-state index contributed by atoms with van der Waals surface area (Å²) in [6.07, 6.45) is 0. The Morgan fingerprint density at radius 1 is 1.57 bits per heavy atom. The minimum absolute atomic E-state index is 0.0988. The molecule has 74 valence electrons. The SMILES string of the molecule is O=COCc1ccc([N+](=O)[O-])c(F)c1. The summed E-state index contributed by atoms with van der Waals surface area (Å²) in [6.45, 7) is 0.123. The molecule has 1 aromatic carbocycles. The van der Waals surface area contributed by atoms with Gasteiger partial charge in [-0.1, -0.05) is 0 Å². The lowest BCUT2D eigenvalue weighted by Crippen LogP contribution is -1.95. The fraction of sp³-hybridized carbons (Fsp3) is 0.125. The van der Waals surface area contributed by atoms with Crippen molar-refractivity contribution in [1.82, 2.24) is 0 Å². The molecule has 1 aromatic rings. The number of hydrogen-bond acceptors (Lipinski definition) is 4. The van der Waals surface area contributed by atoms with E-state index in [9.17, 15) is 19.3 Å². The van der Waals surface area contributed by atoms with Gasteiger partial charge in [0.1, 0.15) is 6.61 Å². The van der Waals surface area contributed by atoms with E-state index in [0.717, 1.165) is 12.1 Å². The molecule has 0 atom stereocenters. The lowest BCUT2D eigenvalue weighted by molar-refractivity contribution is -0.387. The summed E-state index contributed by atoms with van der Waals surface area (Å²) in [7, 11) is 0. The van der Waals surface area contributed by atoms with Crippen molar-refractivity contribution in [1.29, 1.82) is 0 Å². The number of carbonyl (C=O) groups excluding carboxylic acids is 1. The van der Waals surface area contributed by atoms with E-state index in [1.807, 2.05) is 0 Å². The quantitative estimate of drug-likeness (QED) is 0.417. The molecule has 5 nitrogen and oxygen atoms in total. The van der Waals surface area contributed by atoms with E-state index in [-0.39, 0.29) is 13.1 Å². The van der Waals surface area contributed by atoms with E-state index < -0.39 is 16.4 Å². The van der Waals surface area contributed by atoms with Gasteiger partial charge in [0, 0.05) is 6.07 Å². The van der Waals surface area contributed by atoms with Gasteiger partial charge in [0.05, 0.1) is 4.92 Å². The average Bonchev–Trinajstić information content (AvgIpc) is 2.14. The van der Waals surface area contributed by atoms with Gasteiger partial charge in [-0.05, 0) is 17.7 Å². The van der Waals surface area contributed by atoms with Crippen LogP contribution in [0.1, 0.15) is 5.56 Å². The molecular weight excluding hydrogens is 193 g/mol. The van der Waals surface area contributed by atoms with Crippen LogP contribution >= 0.6 is 0 Å². The van der Waals surface area contributed by atoms with Crippen LogP contribution < -0.4 is 0 Å². The number of carbonyl (C=O) groups is 1. The van der Waals surface area contributed by atoms with Crippen LogP contribution in [0.2, 0.25) is 0 Å². The Morgan fingerprint density at radius 3 is 2.79 bits per heavy atom. The predicted octanol–water partition coefficient (Wildman–Crippen LogP) is 1.41. The van der Waals surface area contributed by atoms with Gasteiger partial charge in [-0.15, -0.1) is 0 Å². The highest BCUT2D eigenvalue weighted by atomic mass is 19.1. The molecule has 0 aliphatic rings. The van der Waals surface area contributed by atoms with Crippen molar-refractivity contribution in [3.63, 3.8) is 0 Å². The number of hydrogen-bond donors (Lipinski definition) is 0. The normalized spacial score (nSPS) is 9.50. The number of nitrogens with zero attached hydrogens (tertiary/aromatic N) is 1. The summed E-state index contributed by atoms with van der Waals surface area (Å²) in [5, 5.41) is 10.2. The lowest BCUT2D eigenvalue weighted by atomic mass is 10.2. The Balaban J connectivity index is 2.88. The number of rotatable bonds is 4. The molecule has 0 amide bonds. The molecule has 0 radical (unpaired) electrons. The molecule has 0 N–H and O–H groups in total. The van der Waals surface area contributed by atoms with E-state index in [2.05, 4.69) is 4.74 Å². The number of nitro benzene ring substituents is 1. The molecule has 1 rings (SSSR count). The fourth-order valence-corrected chi connectivity index (χ4v) is 0.918. The van der Waals surface area contributed by atoms with Crippen LogP contribution in [0.25, 0.3) is 0 Å². The third kappa shape index (κ3) is 2.25. The summed E-state index contributed by atoms with van der Waals surface area (Å²) in [5.41, 5.74) is -0.236. The highest BCUT2D eigenvalue weighted by Gasteiger charge is 2.13. The van der Waals surface area contributed by atoms with Gasteiger partial charge in [0.2, 0.25) is 5.82 Å². The largest absolute Gasteiger partial charge is 0.463 e. The van der Waals surface area contributed by atoms with E-state index in [0.29, 0.717) is 5.56 Å². The molecule has 0 aromatic heterocycles. The van der Waals surface area contributed by atoms with E-state index in [4.69, 9.17) is 0 Å². The second kappa shape index (κ2) is 4.31. The first-order chi connectivity index (χ1) is 6.65. The molecule has 0 bridgehead atoms. The molecule has 14 heavy (non-hydrogen) atoms. The summed E-state index contributed by atoms with van der Waals surface area (Å²) in [5.74, 6) is -0.943. The summed E-state index contributed by atoms with van der Waals surface area (Å²) < 4.78 is 17.3. The monoisotopic (exact) mass is 199 g/mol. The van der Waals surface area contributed by atoms with Crippen molar-refractivity contribution < 1.29 is 18.8 Å². The maximum absolute atomic E-state index is 12.9. The molecule has 0 saturated heterocycles. The minimum Gasteiger partial charge on any atom is -0.463 e. The second-order valence-corrected chi connectivity index (χ2v) is 2.45. The lowest BCUT2D eigenvalue weighted by Gasteiger charge is -1.99. The van der Waals surface area contributed by atoms with Crippen LogP contribution in [0.4, 0.5) is 10.1 Å². The molecule has 0 heterocycles. The van der Waals surface area contributed by atoms with Crippen molar-refractivity contribution >= 4 is 12.2 Å². The Bertz CT molecular complexity index is 366. The first-order valence-electron chi connectivity index (χ1n) is 3.63. The van der Waals surface area contributed by atoms with E-state index in [1.165, 1.54) is 6.07 Å². The molecule has 0 fully saturated rings. The van der Waals surface area contributed by atoms with Crippen LogP contribution in [0.3, 0.4) is 0 Å². The van der Waals surface area contributed by atoms with Gasteiger partial charge in [-0.3, -0.25) is 14.9 Å². The summed E-state index contributed by atoms with van der Waals surface area (Å²) >= 11 is 0. The van der Waals surface area contributed by atoms with Crippen LogP contribution in [0.5, 0.6) is 0 Å². The van der Waals surface area contributed by atoms with E-state index >= 15 is 0 Å². The Labute approximate surface area is 78.3 Å². The zero-order valence-electron chi connectivity index (χ0n) is 6.97. The molecule has 0 spiro atoms. The van der Waals surface area contributed by atoms with Gasteiger partial charge in [-0.25, -0.2) is 0 Å². The van der Waals surface area contributed by atoms with Crippen molar-refractivity contribution in [2.75, 3.05) is 0 Å². The first-order valence-corrected chi connectivity index (χ1v) is 3.63. The van der Waals surface area contributed by atoms with E-state index in [1.54, 1.807) is 0 Å². The molecule has 0 saturated carbocycles. The highest BCUT2D eigenvalue weighted by Crippen LogP contribution is 2.18. The molecule has 0 aliphatic carbocycles. The third-order valence-electron chi connectivity index (χ3n) is 1.53. The predicted molar refractivity (Wildman–Crippen MR) is 43.9 cm³/mol. The van der Waals surface area contributed by atoms with Gasteiger partial charge in [-0.2, -0.15) is 4.39 Å². The van der Waals surface area contributed by atoms with Crippen molar-refractivity contribution in [3.8, 4) is 0 Å². The summed E-state index contributed by atoms with van der Waals surface area (Å²) in [4.78, 5) is 19.2. The summed E-state index contributed by atoms with van der Waals surface area (Å²) in [6, 6.07) is 3.31. The minimum atomic E-state index is -0.943. The Hall–Kier alpha value is -1.98. The molecule has 0 unspecified atom stereocenters. The van der Waals surface area contributed by atoms with Crippen molar-refractivity contribution in [3.05, 3.63) is 39.7 Å². The second-order valence-electron chi connectivity index (χ2n) is 2.45. The smallest absolute Gasteiger partial charge is 0.304 e. The average molecular weight is 199 g/mol. The standard InChI is InChI=1S/C8H6FNO4/c9-7-3-6(4-14-5-11)1-2-8(7)10(12)13/h1-3,5H,4H2. The van der Waals surface area contributed by atoms with Crippen LogP contribution in [0, 0.1) is 15.9 Å². The van der Waals surface area contributed by atoms with Crippen LogP contribution in [0.15, 0.2) is 18.2 Å². The molecule has 0 aliphatic heterocycles. The van der Waals surface area contributed by atoms with Gasteiger partial charge in [0.25, 0.3) is 6.47 Å². The number of ether oxygens (including phenoxy) is 1. The van der Waals surface area contributed by atoms with Crippen LogP contribution in [-0.4, -0.2) is 11.4 Å². The van der Waals surface area contributed by atoms with Gasteiger partial charge < -0.3 is 4.74 Å². The topological polar surface area (TPSA) is 69.4 Å². The van der Waals surface area contributed by atoms with Crippen LogP contribution in [-0.2, 0) is 16.1 Å². The molecular formula is C8H6FNO4. The number of halogens is 1. The zero-order valence-corrected chi connectivity index (χ0v) is 6.97. The maximum atomic E-state index is 12.9. The number of benzene rings is 1.